The molecule has 0 aliphatic rings. The van der Waals surface area contributed by atoms with Gasteiger partial charge in [-0.15, -0.1) is 0 Å². The Bertz CT molecular complexity index is 710. The second kappa shape index (κ2) is 6.86. The van der Waals surface area contributed by atoms with E-state index in [9.17, 15) is 17.7 Å². The van der Waals surface area contributed by atoms with Crippen LogP contribution in [-0.2, 0) is 4.74 Å². The molecule has 0 amide bonds. The van der Waals surface area contributed by atoms with E-state index in [4.69, 9.17) is 16.3 Å². The third-order valence-corrected chi connectivity index (χ3v) is 2.94. The fraction of sp³-hybridized carbons (Fsp3) is 0.308. The van der Waals surface area contributed by atoms with Crippen LogP contribution in [-0.4, -0.2) is 23.2 Å². The van der Waals surface area contributed by atoms with Gasteiger partial charge in [-0.1, -0.05) is 23.7 Å². The molecule has 0 fully saturated rings. The van der Waals surface area contributed by atoms with Gasteiger partial charge in [-0.25, -0.2) is 4.79 Å². The summed E-state index contributed by atoms with van der Waals surface area (Å²) < 4.78 is 45.1. The summed E-state index contributed by atoms with van der Waals surface area (Å²) in [4.78, 5) is 12.1. The molecule has 1 aromatic carbocycles. The molecular formula is C13H13BClF3KNO2. The first-order chi connectivity index (χ1) is 9.49. The topological polar surface area (TPSA) is 31.2 Å². The molecule has 0 atom stereocenters. The Labute approximate surface area is 173 Å². The van der Waals surface area contributed by atoms with Crippen LogP contribution in [0.25, 0.3) is 10.9 Å². The van der Waals surface area contributed by atoms with Crippen LogP contribution in [0.2, 0.25) is 5.02 Å². The number of nitrogens with zero attached hydrogens (tertiary/aromatic N) is 1. The Morgan fingerprint density at radius 3 is 2.32 bits per heavy atom. The summed E-state index contributed by atoms with van der Waals surface area (Å²) in [6, 6.07) is 5.14. The smallest absolute Gasteiger partial charge is 0.444 e. The third-order valence-electron chi connectivity index (χ3n) is 2.71. The van der Waals surface area contributed by atoms with Gasteiger partial charge < -0.3 is 17.7 Å². The molecule has 114 valence electrons. The molecule has 9 heteroatoms. The van der Waals surface area contributed by atoms with Gasteiger partial charge >= 0.3 is 64.5 Å². The summed E-state index contributed by atoms with van der Waals surface area (Å²) in [5.41, 5.74) is -1.85. The summed E-state index contributed by atoms with van der Waals surface area (Å²) in [6.45, 7) is -0.606. The molecule has 0 radical (unpaired) electrons. The number of aromatic nitrogens is 1. The van der Waals surface area contributed by atoms with E-state index in [-0.39, 0.29) is 67.3 Å². The first-order valence-corrected chi connectivity index (χ1v) is 6.61. The minimum absolute atomic E-state index is 0. The monoisotopic (exact) mass is 357 g/mol. The Morgan fingerprint density at radius 1 is 1.23 bits per heavy atom. The van der Waals surface area contributed by atoms with Gasteiger partial charge in [0.1, 0.15) is 5.60 Å². The Balaban J connectivity index is 0.00000242. The fourth-order valence-corrected chi connectivity index (χ4v) is 2.11. The zero-order valence-corrected chi connectivity index (χ0v) is 16.5. The summed E-state index contributed by atoms with van der Waals surface area (Å²) in [7, 11) is 0. The number of fused-ring (bicyclic) bond motifs is 1. The average Bonchev–Trinajstić information content (AvgIpc) is 2.64. The van der Waals surface area contributed by atoms with Gasteiger partial charge in [0.15, 0.2) is 0 Å². The predicted molar refractivity (Wildman–Crippen MR) is 77.3 cm³/mol. The summed E-state index contributed by atoms with van der Waals surface area (Å²) in [5, 5.41) is 0.520. The maximum Gasteiger partial charge on any atom is 1.00 e. The van der Waals surface area contributed by atoms with Crippen LogP contribution in [0.5, 0.6) is 0 Å². The van der Waals surface area contributed by atoms with Crippen molar-refractivity contribution in [3.05, 3.63) is 29.3 Å². The van der Waals surface area contributed by atoms with Crippen molar-refractivity contribution in [3.63, 3.8) is 0 Å². The van der Waals surface area contributed by atoms with Gasteiger partial charge in [0.2, 0.25) is 0 Å². The van der Waals surface area contributed by atoms with Crippen LogP contribution in [0.3, 0.4) is 0 Å². The molecule has 0 unspecified atom stereocenters. The maximum atomic E-state index is 13.2. The maximum absolute atomic E-state index is 13.2. The van der Waals surface area contributed by atoms with Crippen molar-refractivity contribution in [2.24, 2.45) is 0 Å². The SMILES string of the molecule is CC(C)(C)OC(=O)n1c([B-](F)(F)F)cc2ccc(Cl)cc21.[K+]. The third kappa shape index (κ3) is 4.52. The van der Waals surface area contributed by atoms with Gasteiger partial charge in [0.25, 0.3) is 0 Å². The van der Waals surface area contributed by atoms with Crippen molar-refractivity contribution >= 4 is 41.2 Å². The quantitative estimate of drug-likeness (QED) is 0.717. The van der Waals surface area contributed by atoms with Crippen LogP contribution in [0, 0.1) is 0 Å². The number of hydrogen-bond donors (Lipinski definition) is 0. The molecule has 2 aromatic rings. The molecule has 0 aliphatic carbocycles. The number of hydrogen-bond acceptors (Lipinski definition) is 2. The number of carbonyl (C=O) groups is 1. The van der Waals surface area contributed by atoms with Crippen LogP contribution >= 0.6 is 11.6 Å². The molecule has 0 bridgehead atoms. The summed E-state index contributed by atoms with van der Waals surface area (Å²) in [5.74, 6) is 0. The molecule has 0 saturated heterocycles. The number of benzene rings is 1. The second-order valence-corrected chi connectivity index (χ2v) is 6.10. The van der Waals surface area contributed by atoms with E-state index in [2.05, 4.69) is 0 Å². The van der Waals surface area contributed by atoms with Gasteiger partial charge in [-0.05, 0) is 43.9 Å². The van der Waals surface area contributed by atoms with E-state index in [1.165, 1.54) is 18.2 Å². The second-order valence-electron chi connectivity index (χ2n) is 5.66. The molecule has 1 heterocycles. The van der Waals surface area contributed by atoms with Crippen molar-refractivity contribution < 1.29 is 73.9 Å². The molecule has 0 spiro atoms. The Hall–Kier alpha value is 0.0113. The predicted octanol–water partition coefficient (Wildman–Crippen LogP) is 1.14. The number of carbonyl (C=O) groups excluding carboxylic acids is 1. The van der Waals surface area contributed by atoms with Gasteiger partial charge in [0.05, 0.1) is 5.52 Å². The van der Waals surface area contributed by atoms with Crippen molar-refractivity contribution in [1.29, 1.82) is 0 Å². The Morgan fingerprint density at radius 2 is 1.82 bits per heavy atom. The van der Waals surface area contributed by atoms with Gasteiger partial charge in [-0.2, -0.15) is 0 Å². The van der Waals surface area contributed by atoms with Crippen molar-refractivity contribution in [1.82, 2.24) is 4.57 Å². The van der Waals surface area contributed by atoms with Gasteiger partial charge in [-0.3, -0.25) is 4.57 Å². The molecule has 0 N–H and O–H groups in total. The largest absolute Gasteiger partial charge is 1.00 e. The molecule has 0 aliphatic heterocycles. The summed E-state index contributed by atoms with van der Waals surface area (Å²) in [6.07, 6.45) is -1.08. The van der Waals surface area contributed by atoms with E-state index in [0.717, 1.165) is 6.07 Å². The normalized spacial score (nSPS) is 12.1. The van der Waals surface area contributed by atoms with Crippen molar-refractivity contribution in [2.75, 3.05) is 0 Å². The molecule has 1 aromatic heterocycles. The average molecular weight is 358 g/mol. The fourth-order valence-electron chi connectivity index (χ4n) is 1.95. The molecule has 0 saturated carbocycles. The van der Waals surface area contributed by atoms with E-state index in [1.807, 2.05) is 0 Å². The zero-order valence-electron chi connectivity index (χ0n) is 12.7. The first kappa shape index (κ1) is 20.1. The van der Waals surface area contributed by atoms with E-state index in [0.29, 0.717) is 4.57 Å². The van der Waals surface area contributed by atoms with Crippen molar-refractivity contribution in [3.8, 4) is 0 Å². The standard InChI is InChI=1S/C13H13BClF3NO2.K/c1-13(2,3)21-12(20)19-10-7-9(15)5-4-8(10)6-11(19)14(16,17)18;/h4-7H,1-3H3;/q-1;+1. The van der Waals surface area contributed by atoms with Crippen LogP contribution in [0.4, 0.5) is 17.7 Å². The minimum Gasteiger partial charge on any atom is -0.444 e. The van der Waals surface area contributed by atoms with Gasteiger partial charge in [0, 0.05) is 5.02 Å². The summed E-state index contributed by atoms with van der Waals surface area (Å²) >= 11 is 5.81. The van der Waals surface area contributed by atoms with Crippen LogP contribution in [0.1, 0.15) is 20.8 Å². The molecular weight excluding hydrogens is 345 g/mol. The minimum atomic E-state index is -5.36. The molecule has 3 nitrogen and oxygen atoms in total. The Kier molecular flexibility index (Phi) is 6.26. The van der Waals surface area contributed by atoms with E-state index >= 15 is 0 Å². The first-order valence-electron chi connectivity index (χ1n) is 6.23. The van der Waals surface area contributed by atoms with Crippen LogP contribution in [0.15, 0.2) is 24.3 Å². The number of halogens is 4. The zero-order chi connectivity index (χ0) is 16.0. The van der Waals surface area contributed by atoms with Crippen molar-refractivity contribution in [2.45, 2.75) is 26.4 Å². The van der Waals surface area contributed by atoms with Crippen LogP contribution < -0.4 is 57.0 Å². The molecule has 2 rings (SSSR count). The molecule has 22 heavy (non-hydrogen) atoms. The van der Waals surface area contributed by atoms with E-state index < -0.39 is 24.3 Å². The number of rotatable bonds is 1. The van der Waals surface area contributed by atoms with E-state index in [1.54, 1.807) is 20.8 Å². The number of ether oxygens (including phenoxy) is 1.